The van der Waals surface area contributed by atoms with Gasteiger partial charge in [0, 0.05) is 16.0 Å². The molecule has 6 nitrogen and oxygen atoms in total. The van der Waals surface area contributed by atoms with Crippen molar-refractivity contribution < 1.29 is 19.1 Å². The molecule has 0 unspecified atom stereocenters. The van der Waals surface area contributed by atoms with E-state index in [0.29, 0.717) is 16.3 Å². The van der Waals surface area contributed by atoms with Crippen LogP contribution in [0.2, 0.25) is 5.02 Å². The van der Waals surface area contributed by atoms with Crippen molar-refractivity contribution in [1.29, 1.82) is 0 Å². The average Bonchev–Trinajstić information content (AvgIpc) is 3.50. The maximum atomic E-state index is 12.2. The molecule has 2 aromatic carbocycles. The Morgan fingerprint density at radius 1 is 1.07 bits per heavy atom. The Labute approximate surface area is 172 Å². The molecule has 0 aromatic heterocycles. The van der Waals surface area contributed by atoms with Crippen LogP contribution in [0.4, 0.5) is 5.69 Å². The molecule has 1 fully saturated rings. The number of rotatable bonds is 8. The fourth-order valence-electron chi connectivity index (χ4n) is 2.33. The molecule has 1 aliphatic rings. The smallest absolute Gasteiger partial charge is 0.316 e. The highest BCUT2D eigenvalue weighted by atomic mass is 35.5. The van der Waals surface area contributed by atoms with Gasteiger partial charge in [-0.1, -0.05) is 23.7 Å². The summed E-state index contributed by atoms with van der Waals surface area (Å²) in [6.07, 6.45) is 1.95. The highest BCUT2D eigenvalue weighted by Crippen LogP contribution is 2.22. The Morgan fingerprint density at radius 3 is 2.50 bits per heavy atom. The van der Waals surface area contributed by atoms with E-state index in [9.17, 15) is 14.4 Å². The quantitative estimate of drug-likeness (QED) is 0.506. The van der Waals surface area contributed by atoms with Crippen LogP contribution in [0.15, 0.2) is 53.4 Å². The molecule has 2 amide bonds. The molecule has 0 bridgehead atoms. The number of hydrogen-bond donors (Lipinski definition) is 2. The van der Waals surface area contributed by atoms with E-state index < -0.39 is 18.5 Å². The molecule has 0 spiro atoms. The lowest BCUT2D eigenvalue weighted by Gasteiger charge is -2.11. The number of anilines is 1. The minimum Gasteiger partial charge on any atom is -0.455 e. The molecule has 1 aliphatic carbocycles. The first-order chi connectivity index (χ1) is 13.5. The summed E-state index contributed by atoms with van der Waals surface area (Å²) in [4.78, 5) is 37.0. The summed E-state index contributed by atoms with van der Waals surface area (Å²) in [6, 6.07) is 14.0. The van der Waals surface area contributed by atoms with E-state index in [-0.39, 0.29) is 17.7 Å². The van der Waals surface area contributed by atoms with Crippen LogP contribution in [0.25, 0.3) is 0 Å². The summed E-state index contributed by atoms with van der Waals surface area (Å²) in [6.45, 7) is -0.418. The third-order valence-corrected chi connectivity index (χ3v) is 5.13. The van der Waals surface area contributed by atoms with E-state index in [1.54, 1.807) is 48.5 Å². The van der Waals surface area contributed by atoms with Gasteiger partial charge in [0.15, 0.2) is 6.61 Å². The lowest BCUT2D eigenvalue weighted by atomic mass is 10.1. The first-order valence-electron chi connectivity index (χ1n) is 8.75. The second kappa shape index (κ2) is 9.61. The number of carbonyl (C=O) groups excluding carboxylic acids is 3. The van der Waals surface area contributed by atoms with E-state index >= 15 is 0 Å². The van der Waals surface area contributed by atoms with Crippen molar-refractivity contribution in [2.45, 2.75) is 23.8 Å². The van der Waals surface area contributed by atoms with E-state index in [4.69, 9.17) is 16.3 Å². The van der Waals surface area contributed by atoms with E-state index in [1.807, 2.05) is 0 Å². The normalized spacial score (nSPS) is 12.9. The monoisotopic (exact) mass is 418 g/mol. The standard InChI is InChI=1S/C20H19ClN2O4S/c21-13-5-9-15(10-6-13)28-12-19(25)27-11-18(24)23-17-4-2-1-3-16(17)20(26)22-14-7-8-14/h1-6,9-10,14H,7-8,11-12H2,(H,22,26)(H,23,24). The molecule has 0 atom stereocenters. The van der Waals surface area contributed by atoms with E-state index in [2.05, 4.69) is 10.6 Å². The molecule has 0 saturated heterocycles. The highest BCUT2D eigenvalue weighted by Gasteiger charge is 2.25. The largest absolute Gasteiger partial charge is 0.455 e. The van der Waals surface area contributed by atoms with Gasteiger partial charge in [0.25, 0.3) is 11.8 Å². The van der Waals surface area contributed by atoms with Gasteiger partial charge in [-0.3, -0.25) is 14.4 Å². The first-order valence-corrected chi connectivity index (χ1v) is 10.1. The van der Waals surface area contributed by atoms with Gasteiger partial charge in [-0.25, -0.2) is 0 Å². The van der Waals surface area contributed by atoms with Gasteiger partial charge in [-0.2, -0.15) is 0 Å². The topological polar surface area (TPSA) is 84.5 Å². The molecule has 3 rings (SSSR count). The Kier molecular flexibility index (Phi) is 6.95. The van der Waals surface area contributed by atoms with Crippen molar-refractivity contribution in [2.75, 3.05) is 17.7 Å². The molecule has 2 N–H and O–H groups in total. The molecule has 0 heterocycles. The zero-order chi connectivity index (χ0) is 19.9. The minimum absolute atomic E-state index is 0.0787. The van der Waals surface area contributed by atoms with Gasteiger partial charge >= 0.3 is 5.97 Å². The Hall–Kier alpha value is -2.51. The van der Waals surface area contributed by atoms with Crippen molar-refractivity contribution in [3.63, 3.8) is 0 Å². The molecule has 0 aliphatic heterocycles. The van der Waals surface area contributed by atoms with Gasteiger partial charge in [0.05, 0.1) is 17.0 Å². The second-order valence-electron chi connectivity index (χ2n) is 6.24. The average molecular weight is 419 g/mol. The van der Waals surface area contributed by atoms with Gasteiger partial charge < -0.3 is 15.4 Å². The summed E-state index contributed by atoms with van der Waals surface area (Å²) in [5.74, 6) is -1.16. The maximum Gasteiger partial charge on any atom is 0.316 e. The van der Waals surface area contributed by atoms with E-state index in [0.717, 1.165) is 17.7 Å². The number of hydrogen-bond acceptors (Lipinski definition) is 5. The zero-order valence-corrected chi connectivity index (χ0v) is 16.5. The molecule has 1 saturated carbocycles. The third-order valence-electron chi connectivity index (χ3n) is 3.89. The summed E-state index contributed by atoms with van der Waals surface area (Å²) < 4.78 is 5.00. The van der Waals surface area contributed by atoms with Crippen molar-refractivity contribution >= 4 is 46.8 Å². The van der Waals surface area contributed by atoms with Crippen LogP contribution in [0, 0.1) is 0 Å². The number of benzene rings is 2. The zero-order valence-electron chi connectivity index (χ0n) is 14.9. The van der Waals surface area contributed by atoms with Gasteiger partial charge in [-0.15, -0.1) is 11.8 Å². The second-order valence-corrected chi connectivity index (χ2v) is 7.73. The number of carbonyl (C=O) groups is 3. The van der Waals surface area contributed by atoms with Crippen molar-refractivity contribution in [2.24, 2.45) is 0 Å². The lowest BCUT2D eigenvalue weighted by molar-refractivity contribution is -0.144. The van der Waals surface area contributed by atoms with Crippen LogP contribution in [0.3, 0.4) is 0 Å². The Morgan fingerprint density at radius 2 is 1.79 bits per heavy atom. The number of amides is 2. The number of nitrogens with one attached hydrogen (secondary N) is 2. The molecule has 28 heavy (non-hydrogen) atoms. The summed E-state index contributed by atoms with van der Waals surface area (Å²) in [7, 11) is 0. The van der Waals surface area contributed by atoms with E-state index in [1.165, 1.54) is 11.8 Å². The molecular formula is C20H19ClN2O4S. The molecular weight excluding hydrogens is 400 g/mol. The number of halogens is 1. The highest BCUT2D eigenvalue weighted by molar-refractivity contribution is 8.00. The van der Waals surface area contributed by atoms with Crippen LogP contribution >= 0.6 is 23.4 Å². The summed E-state index contributed by atoms with van der Waals surface area (Å²) >= 11 is 7.11. The predicted molar refractivity (Wildman–Crippen MR) is 109 cm³/mol. The van der Waals surface area contributed by atoms with Crippen molar-refractivity contribution in [3.05, 3.63) is 59.1 Å². The minimum atomic E-state index is -0.505. The molecule has 146 valence electrons. The lowest BCUT2D eigenvalue weighted by Crippen LogP contribution is -2.28. The predicted octanol–water partition coefficient (Wildman–Crippen LogP) is 3.51. The molecule has 2 aromatic rings. The van der Waals surface area contributed by atoms with Crippen LogP contribution < -0.4 is 10.6 Å². The molecule has 8 heteroatoms. The Balaban J connectivity index is 1.45. The maximum absolute atomic E-state index is 12.2. The fourth-order valence-corrected chi connectivity index (χ4v) is 3.15. The van der Waals surface area contributed by atoms with Crippen LogP contribution in [0.1, 0.15) is 23.2 Å². The number of ether oxygens (including phenoxy) is 1. The van der Waals surface area contributed by atoms with Gasteiger partial charge in [0.1, 0.15) is 0 Å². The van der Waals surface area contributed by atoms with Crippen molar-refractivity contribution in [1.82, 2.24) is 5.32 Å². The first kappa shape index (κ1) is 20.2. The van der Waals surface area contributed by atoms with Gasteiger partial charge in [0.2, 0.25) is 0 Å². The molecule has 0 radical (unpaired) electrons. The summed E-state index contributed by atoms with van der Waals surface area (Å²) in [5, 5.41) is 6.13. The summed E-state index contributed by atoms with van der Waals surface area (Å²) in [5.41, 5.74) is 0.768. The van der Waals surface area contributed by atoms with Crippen LogP contribution in [0.5, 0.6) is 0 Å². The number of esters is 1. The van der Waals surface area contributed by atoms with Gasteiger partial charge in [-0.05, 0) is 49.2 Å². The third kappa shape index (κ3) is 6.28. The van der Waals surface area contributed by atoms with Crippen LogP contribution in [-0.4, -0.2) is 36.2 Å². The van der Waals surface area contributed by atoms with Crippen LogP contribution in [-0.2, 0) is 14.3 Å². The number of thioether (sulfide) groups is 1. The Bertz CT molecular complexity index is 869. The SMILES string of the molecule is O=C(COC(=O)CSc1ccc(Cl)cc1)Nc1ccccc1C(=O)NC1CC1. The number of para-hydroxylation sites is 1. The fraction of sp³-hybridized carbons (Fsp3) is 0.250. The van der Waals surface area contributed by atoms with Crippen molar-refractivity contribution in [3.8, 4) is 0 Å².